The van der Waals surface area contributed by atoms with Gasteiger partial charge in [-0.1, -0.05) is 42.5 Å². The average molecular weight is 547 g/mol. The molecule has 1 atom stereocenters. The lowest BCUT2D eigenvalue weighted by molar-refractivity contribution is -0.160. The van der Waals surface area contributed by atoms with E-state index in [9.17, 15) is 9.90 Å². The highest BCUT2D eigenvalue weighted by molar-refractivity contribution is 7.22. The fourth-order valence-electron chi connectivity index (χ4n) is 4.48. The van der Waals surface area contributed by atoms with Gasteiger partial charge >= 0.3 is 5.97 Å². The molecule has 0 aliphatic carbocycles. The van der Waals surface area contributed by atoms with Crippen LogP contribution in [0.1, 0.15) is 56.2 Å². The Balaban J connectivity index is 2.01. The van der Waals surface area contributed by atoms with Gasteiger partial charge in [0, 0.05) is 33.6 Å². The second kappa shape index (κ2) is 10.8. The highest BCUT2D eigenvalue weighted by atomic mass is 35.5. The van der Waals surface area contributed by atoms with Crippen LogP contribution < -0.4 is 0 Å². The minimum absolute atomic E-state index is 0.603. The first-order valence-electron chi connectivity index (χ1n) is 12.3. The maximum Gasteiger partial charge on any atom is 0.337 e. The van der Waals surface area contributed by atoms with Gasteiger partial charge in [-0.2, -0.15) is 0 Å². The smallest absolute Gasteiger partial charge is 0.337 e. The number of ether oxygens (including phenoxy) is 1. The molecule has 1 N–H and O–H groups in total. The quantitative estimate of drug-likeness (QED) is 0.234. The van der Waals surface area contributed by atoms with E-state index in [2.05, 4.69) is 17.6 Å². The Labute approximate surface area is 232 Å². The predicted octanol–water partition coefficient (Wildman–Crippen LogP) is 8.83. The van der Waals surface area contributed by atoms with Crippen LogP contribution in [0, 0.1) is 13.8 Å². The normalized spacial score (nSPS) is 13.1. The van der Waals surface area contributed by atoms with E-state index in [1.807, 2.05) is 84.1 Å². The number of carboxylic acids is 1. The van der Waals surface area contributed by atoms with Gasteiger partial charge < -0.3 is 9.84 Å². The van der Waals surface area contributed by atoms with Crippen molar-refractivity contribution in [2.24, 2.45) is 0 Å². The number of carboxylic acid groups (broad SMARTS) is 1. The largest absolute Gasteiger partial charge is 0.479 e. The van der Waals surface area contributed by atoms with Crippen molar-refractivity contribution in [1.82, 2.24) is 9.97 Å². The monoisotopic (exact) mass is 546 g/mol. The first-order valence-corrected chi connectivity index (χ1v) is 13.5. The number of fused-ring (bicyclic) bond motifs is 1. The van der Waals surface area contributed by atoms with Crippen molar-refractivity contribution in [3.8, 4) is 21.7 Å². The third-order valence-corrected chi connectivity index (χ3v) is 7.53. The summed E-state index contributed by atoms with van der Waals surface area (Å²) in [6, 6.07) is 11.5. The number of pyridine rings is 1. The number of carbonyl (C=O) groups is 1. The molecular weight excluding hydrogens is 516 g/mol. The summed E-state index contributed by atoms with van der Waals surface area (Å²) in [5, 5.41) is 11.7. The first kappa shape index (κ1) is 27.7. The molecule has 0 bridgehead atoms. The lowest BCUT2D eigenvalue weighted by Gasteiger charge is -2.28. The van der Waals surface area contributed by atoms with Crippen molar-refractivity contribution in [3.63, 3.8) is 0 Å². The molecule has 0 aliphatic heterocycles. The molecule has 0 fully saturated rings. The first-order chi connectivity index (χ1) is 17.9. The summed E-state index contributed by atoms with van der Waals surface area (Å²) >= 11 is 7.72. The lowest BCUT2D eigenvalue weighted by atomic mass is 9.91. The summed E-state index contributed by atoms with van der Waals surface area (Å²) in [5.74, 6) is -1.04. The van der Waals surface area contributed by atoms with Gasteiger partial charge in [-0.25, -0.2) is 9.78 Å². The Kier molecular flexibility index (Phi) is 7.88. The van der Waals surface area contributed by atoms with Crippen LogP contribution >= 0.6 is 22.9 Å². The van der Waals surface area contributed by atoms with Gasteiger partial charge in [0.05, 0.1) is 15.8 Å². The summed E-state index contributed by atoms with van der Waals surface area (Å²) in [4.78, 5) is 22.1. The lowest BCUT2D eigenvalue weighted by Crippen LogP contribution is -2.28. The van der Waals surface area contributed by atoms with Gasteiger partial charge in [-0.15, -0.1) is 11.3 Å². The summed E-state index contributed by atoms with van der Waals surface area (Å²) in [6.45, 7) is 15.3. The molecule has 0 radical (unpaired) electrons. The Morgan fingerprint density at radius 2 is 1.84 bits per heavy atom. The van der Waals surface area contributed by atoms with E-state index in [1.165, 1.54) is 11.3 Å². The molecule has 196 valence electrons. The van der Waals surface area contributed by atoms with Gasteiger partial charge in [0.25, 0.3) is 0 Å². The maximum absolute atomic E-state index is 12.5. The molecule has 5 nitrogen and oxygen atoms in total. The number of aryl methyl sites for hydroxylation is 2. The zero-order valence-corrected chi connectivity index (χ0v) is 24.0. The number of thiazole rings is 1. The van der Waals surface area contributed by atoms with Crippen LogP contribution in [0.2, 0.25) is 5.02 Å². The molecule has 7 heteroatoms. The second-order valence-electron chi connectivity index (χ2n) is 10.2. The number of allylic oxidation sites excluding steroid dienone is 3. The van der Waals surface area contributed by atoms with Crippen molar-refractivity contribution < 1.29 is 14.6 Å². The standard InChI is InChI=1S/C31H31ClN2O3S/c1-8-9-17(2)23-15-21(16-33-19(23)4)29-34-24-14-18(3)25(27(30(35)36)37-31(5,6)7)26(28(24)38-29)20-10-12-22(32)13-11-20/h8-16,27H,1H2,2-7H3,(H,35,36). The van der Waals surface area contributed by atoms with E-state index in [0.29, 0.717) is 10.6 Å². The van der Waals surface area contributed by atoms with Crippen molar-refractivity contribution >= 4 is 44.7 Å². The van der Waals surface area contributed by atoms with Crippen LogP contribution in [-0.4, -0.2) is 26.6 Å². The van der Waals surface area contributed by atoms with Gasteiger partial charge in [0.1, 0.15) is 5.01 Å². The molecule has 0 aliphatic rings. The van der Waals surface area contributed by atoms with E-state index in [0.717, 1.165) is 54.3 Å². The van der Waals surface area contributed by atoms with E-state index in [4.69, 9.17) is 21.3 Å². The highest BCUT2D eigenvalue weighted by Crippen LogP contribution is 2.44. The Hall–Kier alpha value is -3.32. The third-order valence-electron chi connectivity index (χ3n) is 6.15. The minimum atomic E-state index is -1.16. The number of hydrogen-bond acceptors (Lipinski definition) is 5. The molecule has 4 aromatic rings. The molecule has 0 saturated heterocycles. The average Bonchev–Trinajstić information content (AvgIpc) is 3.25. The van der Waals surface area contributed by atoms with Crippen molar-refractivity contribution in [1.29, 1.82) is 0 Å². The molecule has 0 saturated carbocycles. The third kappa shape index (κ3) is 5.73. The fraction of sp³-hybridized carbons (Fsp3) is 0.258. The van der Waals surface area contributed by atoms with E-state index in [-0.39, 0.29) is 0 Å². The SMILES string of the molecule is C=CC=C(C)c1cc(-c2nc3cc(C)c(C(OC(C)(C)C)C(=O)O)c(-c4ccc(Cl)cc4)c3s2)cnc1C. The predicted molar refractivity (Wildman–Crippen MR) is 158 cm³/mol. The van der Waals surface area contributed by atoms with Gasteiger partial charge in [0.15, 0.2) is 6.10 Å². The van der Waals surface area contributed by atoms with Crippen LogP contribution in [0.25, 0.3) is 37.5 Å². The number of aliphatic carboxylic acids is 1. The van der Waals surface area contributed by atoms with Crippen molar-refractivity contribution in [2.75, 3.05) is 0 Å². The topological polar surface area (TPSA) is 72.3 Å². The van der Waals surface area contributed by atoms with Crippen molar-refractivity contribution in [2.45, 2.75) is 53.2 Å². The zero-order chi connectivity index (χ0) is 27.8. The molecular formula is C31H31ClN2O3S. The molecule has 2 heterocycles. The highest BCUT2D eigenvalue weighted by Gasteiger charge is 2.32. The Morgan fingerprint density at radius 3 is 2.45 bits per heavy atom. The van der Waals surface area contributed by atoms with Gasteiger partial charge in [-0.05, 0) is 88.1 Å². The number of rotatable bonds is 7. The van der Waals surface area contributed by atoms with Crippen LogP contribution in [0.3, 0.4) is 0 Å². The maximum atomic E-state index is 12.5. The number of benzene rings is 2. The molecule has 2 aromatic carbocycles. The van der Waals surface area contributed by atoms with E-state index in [1.54, 1.807) is 6.08 Å². The summed E-state index contributed by atoms with van der Waals surface area (Å²) < 4.78 is 6.99. The number of halogens is 1. The summed E-state index contributed by atoms with van der Waals surface area (Å²) in [5.41, 5.74) is 7.09. The Morgan fingerprint density at radius 1 is 1.16 bits per heavy atom. The molecule has 4 rings (SSSR count). The zero-order valence-electron chi connectivity index (χ0n) is 22.4. The molecule has 0 spiro atoms. The Bertz CT molecular complexity index is 1560. The van der Waals surface area contributed by atoms with E-state index >= 15 is 0 Å². The molecule has 1 unspecified atom stereocenters. The fourth-order valence-corrected chi connectivity index (χ4v) is 5.71. The van der Waals surface area contributed by atoms with Gasteiger partial charge in [0.2, 0.25) is 0 Å². The summed E-state index contributed by atoms with van der Waals surface area (Å²) in [7, 11) is 0. The minimum Gasteiger partial charge on any atom is -0.479 e. The van der Waals surface area contributed by atoms with Gasteiger partial charge in [-0.3, -0.25) is 4.98 Å². The number of aromatic nitrogens is 2. The number of hydrogen-bond donors (Lipinski definition) is 1. The van der Waals surface area contributed by atoms with Crippen LogP contribution in [0.5, 0.6) is 0 Å². The van der Waals surface area contributed by atoms with Crippen LogP contribution in [-0.2, 0) is 9.53 Å². The molecule has 0 amide bonds. The molecule has 2 aromatic heterocycles. The summed E-state index contributed by atoms with van der Waals surface area (Å²) in [6.07, 6.45) is 4.40. The second-order valence-corrected chi connectivity index (χ2v) is 11.7. The van der Waals surface area contributed by atoms with Crippen LogP contribution in [0.4, 0.5) is 0 Å². The number of nitrogens with zero attached hydrogens (tertiary/aromatic N) is 2. The van der Waals surface area contributed by atoms with Crippen LogP contribution in [0.15, 0.2) is 61.3 Å². The molecule has 38 heavy (non-hydrogen) atoms. The van der Waals surface area contributed by atoms with Crippen molar-refractivity contribution in [3.05, 3.63) is 88.7 Å². The van der Waals surface area contributed by atoms with E-state index < -0.39 is 17.7 Å².